The van der Waals surface area contributed by atoms with Gasteiger partial charge in [-0.15, -0.1) is 10.2 Å². The Morgan fingerprint density at radius 3 is 3.00 bits per heavy atom. The van der Waals surface area contributed by atoms with Crippen LogP contribution in [0.25, 0.3) is 5.65 Å². The number of fused-ring (bicyclic) bond motifs is 1. The van der Waals surface area contributed by atoms with E-state index in [1.165, 1.54) is 11.8 Å². The first kappa shape index (κ1) is 12.6. The van der Waals surface area contributed by atoms with Gasteiger partial charge in [-0.2, -0.15) is 0 Å². The topological polar surface area (TPSA) is 93.0 Å². The van der Waals surface area contributed by atoms with Gasteiger partial charge in [0.1, 0.15) is 11.5 Å². The number of nitrogens with zero attached hydrogens (tertiary/aromatic N) is 4. The summed E-state index contributed by atoms with van der Waals surface area (Å²) in [6, 6.07) is 9.52. The first-order valence-corrected chi connectivity index (χ1v) is 6.95. The smallest absolute Gasteiger partial charge is 0.195 e. The highest BCUT2D eigenvalue weighted by atomic mass is 32.2. The maximum absolute atomic E-state index is 7.53. The first-order chi connectivity index (χ1) is 9.75. The predicted octanol–water partition coefficient (Wildman–Crippen LogP) is 1.70. The third kappa shape index (κ3) is 2.35. The van der Waals surface area contributed by atoms with E-state index in [0.717, 1.165) is 16.4 Å². The Morgan fingerprint density at radius 2 is 2.15 bits per heavy atom. The van der Waals surface area contributed by atoms with Gasteiger partial charge in [-0.3, -0.25) is 14.8 Å². The van der Waals surface area contributed by atoms with E-state index in [9.17, 15) is 0 Å². The minimum absolute atomic E-state index is 0.0210. The van der Waals surface area contributed by atoms with E-state index in [-0.39, 0.29) is 5.84 Å². The van der Waals surface area contributed by atoms with Gasteiger partial charge in [-0.05, 0) is 23.8 Å². The molecule has 0 spiro atoms. The molecule has 0 unspecified atom stereocenters. The van der Waals surface area contributed by atoms with Crippen molar-refractivity contribution in [1.82, 2.24) is 19.6 Å². The lowest BCUT2D eigenvalue weighted by Gasteiger charge is -2.05. The van der Waals surface area contributed by atoms with Gasteiger partial charge in [0.2, 0.25) is 0 Å². The van der Waals surface area contributed by atoms with E-state index < -0.39 is 0 Å². The van der Waals surface area contributed by atoms with Crippen LogP contribution in [0.1, 0.15) is 11.3 Å². The number of amidine groups is 1. The zero-order chi connectivity index (χ0) is 13.9. The summed E-state index contributed by atoms with van der Waals surface area (Å²) in [6.07, 6.45) is 3.56. The van der Waals surface area contributed by atoms with Crippen LogP contribution in [0.4, 0.5) is 0 Å². The molecule has 7 heteroatoms. The Kier molecular flexibility index (Phi) is 3.34. The number of rotatable bonds is 4. The number of thioether (sulfide) groups is 1. The summed E-state index contributed by atoms with van der Waals surface area (Å²) in [6.45, 7) is 0. The second kappa shape index (κ2) is 5.30. The van der Waals surface area contributed by atoms with Gasteiger partial charge < -0.3 is 5.73 Å². The fourth-order valence-corrected chi connectivity index (χ4v) is 2.77. The fourth-order valence-electron chi connectivity index (χ4n) is 1.86. The molecular formula is C13H12N6S. The van der Waals surface area contributed by atoms with Crippen molar-refractivity contribution in [2.45, 2.75) is 10.9 Å². The molecule has 0 aliphatic heterocycles. The fraction of sp³-hybridized carbons (Fsp3) is 0.0769. The van der Waals surface area contributed by atoms with Crippen LogP contribution in [0.15, 0.2) is 47.9 Å². The van der Waals surface area contributed by atoms with E-state index in [1.54, 1.807) is 6.20 Å². The van der Waals surface area contributed by atoms with E-state index >= 15 is 0 Å². The molecule has 0 aliphatic rings. The lowest BCUT2D eigenvalue weighted by molar-refractivity contribution is 0.920. The second-order valence-electron chi connectivity index (χ2n) is 4.12. The van der Waals surface area contributed by atoms with Crippen LogP contribution in [0, 0.1) is 5.41 Å². The summed E-state index contributed by atoms with van der Waals surface area (Å²) in [7, 11) is 0. The third-order valence-corrected chi connectivity index (χ3v) is 3.78. The minimum atomic E-state index is -0.0210. The highest BCUT2D eigenvalue weighted by molar-refractivity contribution is 7.98. The number of aromatic nitrogens is 4. The summed E-state index contributed by atoms with van der Waals surface area (Å²) in [4.78, 5) is 4.13. The summed E-state index contributed by atoms with van der Waals surface area (Å²) in [5.41, 5.74) is 7.78. The van der Waals surface area contributed by atoms with Crippen LogP contribution in [-0.2, 0) is 5.75 Å². The van der Waals surface area contributed by atoms with Crippen molar-refractivity contribution in [1.29, 1.82) is 5.41 Å². The SMILES string of the molecule is N=C(N)c1ncccc1CSc1nnc2ccccn12. The first-order valence-electron chi connectivity index (χ1n) is 5.96. The molecular weight excluding hydrogens is 272 g/mol. The lowest BCUT2D eigenvalue weighted by atomic mass is 10.2. The van der Waals surface area contributed by atoms with Crippen LogP contribution in [0.5, 0.6) is 0 Å². The number of hydrogen-bond acceptors (Lipinski definition) is 5. The molecule has 0 radical (unpaired) electrons. The number of nitrogen functional groups attached to an aromatic ring is 1. The van der Waals surface area contributed by atoms with Crippen molar-refractivity contribution in [2.24, 2.45) is 5.73 Å². The molecule has 0 fully saturated rings. The number of hydrogen-bond donors (Lipinski definition) is 2. The molecule has 0 bridgehead atoms. The van der Waals surface area contributed by atoms with Crippen molar-refractivity contribution < 1.29 is 0 Å². The monoisotopic (exact) mass is 284 g/mol. The normalized spacial score (nSPS) is 10.8. The Balaban J connectivity index is 1.85. The van der Waals surface area contributed by atoms with Gasteiger partial charge in [-0.25, -0.2) is 0 Å². The highest BCUT2D eigenvalue weighted by Crippen LogP contribution is 2.22. The quantitative estimate of drug-likeness (QED) is 0.432. The predicted molar refractivity (Wildman–Crippen MR) is 77.8 cm³/mol. The Labute approximate surface area is 119 Å². The zero-order valence-corrected chi connectivity index (χ0v) is 11.3. The molecule has 0 saturated heterocycles. The summed E-state index contributed by atoms with van der Waals surface area (Å²) in [5.74, 6) is 0.616. The Bertz CT molecular complexity index is 766. The average molecular weight is 284 g/mol. The highest BCUT2D eigenvalue weighted by Gasteiger charge is 2.09. The van der Waals surface area contributed by atoms with Crippen LogP contribution in [0.2, 0.25) is 0 Å². The van der Waals surface area contributed by atoms with Crippen LogP contribution >= 0.6 is 11.8 Å². The molecule has 20 heavy (non-hydrogen) atoms. The molecule has 3 aromatic heterocycles. The van der Waals surface area contributed by atoms with E-state index in [0.29, 0.717) is 11.4 Å². The number of pyridine rings is 2. The van der Waals surface area contributed by atoms with Gasteiger partial charge >= 0.3 is 0 Å². The van der Waals surface area contributed by atoms with Crippen LogP contribution in [0.3, 0.4) is 0 Å². The molecule has 0 amide bonds. The van der Waals surface area contributed by atoms with Gasteiger partial charge in [0.25, 0.3) is 0 Å². The summed E-state index contributed by atoms with van der Waals surface area (Å²) >= 11 is 1.54. The van der Waals surface area contributed by atoms with Crippen LogP contribution < -0.4 is 5.73 Å². The minimum Gasteiger partial charge on any atom is -0.382 e. The average Bonchev–Trinajstić information content (AvgIpc) is 2.88. The van der Waals surface area contributed by atoms with Crippen LogP contribution in [-0.4, -0.2) is 25.4 Å². The lowest BCUT2D eigenvalue weighted by Crippen LogP contribution is -2.15. The Morgan fingerprint density at radius 1 is 1.25 bits per heavy atom. The van der Waals surface area contributed by atoms with Crippen molar-refractivity contribution in [2.75, 3.05) is 0 Å². The van der Waals surface area contributed by atoms with Gasteiger partial charge in [0.05, 0.1) is 0 Å². The van der Waals surface area contributed by atoms with Gasteiger partial charge in [0, 0.05) is 18.1 Å². The molecule has 3 N–H and O–H groups in total. The maximum Gasteiger partial charge on any atom is 0.195 e. The van der Waals surface area contributed by atoms with Crippen molar-refractivity contribution in [3.63, 3.8) is 0 Å². The van der Waals surface area contributed by atoms with Gasteiger partial charge in [-0.1, -0.05) is 23.9 Å². The molecule has 3 heterocycles. The van der Waals surface area contributed by atoms with E-state index in [4.69, 9.17) is 11.1 Å². The largest absolute Gasteiger partial charge is 0.382 e. The standard InChI is InChI=1S/C13H12N6S/c14-12(15)11-9(4-3-6-16-11)8-20-13-18-17-10-5-1-2-7-19(10)13/h1-7H,8H2,(H3,14,15). The molecule has 6 nitrogen and oxygen atoms in total. The number of nitrogens with one attached hydrogen (secondary N) is 1. The van der Waals surface area contributed by atoms with Crippen molar-refractivity contribution in [3.05, 3.63) is 54.0 Å². The van der Waals surface area contributed by atoms with Gasteiger partial charge in [0.15, 0.2) is 10.8 Å². The van der Waals surface area contributed by atoms with Crippen molar-refractivity contribution in [3.8, 4) is 0 Å². The summed E-state index contributed by atoms with van der Waals surface area (Å²) < 4.78 is 1.93. The molecule has 0 aromatic carbocycles. The molecule has 0 atom stereocenters. The number of nitrogens with two attached hydrogens (primary N) is 1. The molecule has 3 rings (SSSR count). The zero-order valence-electron chi connectivity index (χ0n) is 10.5. The van der Waals surface area contributed by atoms with E-state index in [1.807, 2.05) is 40.9 Å². The van der Waals surface area contributed by atoms with Crippen molar-refractivity contribution >= 4 is 23.2 Å². The van der Waals surface area contributed by atoms with E-state index in [2.05, 4.69) is 15.2 Å². The summed E-state index contributed by atoms with van der Waals surface area (Å²) in [5, 5.41) is 16.6. The molecule has 100 valence electrons. The molecule has 3 aromatic rings. The maximum atomic E-state index is 7.53. The Hall–Kier alpha value is -2.41. The molecule has 0 aliphatic carbocycles. The molecule has 0 saturated carbocycles. The third-order valence-electron chi connectivity index (χ3n) is 2.79. The second-order valence-corrected chi connectivity index (χ2v) is 5.07.